The molecule has 0 heterocycles. The van der Waals surface area contributed by atoms with Crippen LogP contribution in [0, 0.1) is 21.8 Å². The Morgan fingerprint density at radius 3 is 2.79 bits per heavy atom. The van der Waals surface area contributed by atoms with Crippen molar-refractivity contribution in [2.45, 2.75) is 31.8 Å². The number of hydrogen-bond donors (Lipinski definition) is 2. The molecule has 6 heteroatoms. The Balaban J connectivity index is 2.02. The average molecular weight is 268 g/mol. The van der Waals surface area contributed by atoms with E-state index in [-0.39, 0.29) is 18.2 Å². The molecule has 2 N–H and O–H groups in total. The number of nitrogens with one attached hydrogen (secondary N) is 1. The molecule has 0 amide bonds. The van der Waals surface area contributed by atoms with Crippen LogP contribution in [-0.2, 0) is 0 Å². The first kappa shape index (κ1) is 13.7. The molecule has 1 saturated carbocycles. The predicted octanol–water partition coefficient (Wildman–Crippen LogP) is 2.70. The quantitative estimate of drug-likeness (QED) is 0.636. The van der Waals surface area contributed by atoms with Gasteiger partial charge >= 0.3 is 5.69 Å². The van der Waals surface area contributed by atoms with Gasteiger partial charge in [-0.1, -0.05) is 18.9 Å². The number of nitrogens with zero attached hydrogens (tertiary/aromatic N) is 1. The zero-order valence-electron chi connectivity index (χ0n) is 10.5. The van der Waals surface area contributed by atoms with E-state index in [1.54, 1.807) is 0 Å². The van der Waals surface area contributed by atoms with Crippen LogP contribution in [0.25, 0.3) is 0 Å². The second kappa shape index (κ2) is 5.97. The number of aliphatic hydroxyl groups excluding tert-OH is 1. The van der Waals surface area contributed by atoms with Crippen LogP contribution in [0.15, 0.2) is 18.2 Å². The number of benzene rings is 1. The molecule has 1 fully saturated rings. The summed E-state index contributed by atoms with van der Waals surface area (Å²) in [5, 5.41) is 23.6. The minimum atomic E-state index is -0.870. The molecular weight excluding hydrogens is 251 g/mol. The number of para-hydroxylation sites is 1. The first-order chi connectivity index (χ1) is 9.09. The summed E-state index contributed by atoms with van der Waals surface area (Å²) in [4.78, 5) is 10.1. The maximum atomic E-state index is 13.4. The van der Waals surface area contributed by atoms with Crippen LogP contribution >= 0.6 is 0 Å². The summed E-state index contributed by atoms with van der Waals surface area (Å²) in [6, 6.07) is 3.91. The predicted molar refractivity (Wildman–Crippen MR) is 69.5 cm³/mol. The van der Waals surface area contributed by atoms with Crippen molar-refractivity contribution in [2.75, 3.05) is 11.9 Å². The molecule has 1 unspecified atom stereocenters. The minimum absolute atomic E-state index is 0.113. The Morgan fingerprint density at radius 2 is 2.16 bits per heavy atom. The molecule has 0 spiro atoms. The number of anilines is 1. The van der Waals surface area contributed by atoms with Gasteiger partial charge in [-0.05, 0) is 30.9 Å². The van der Waals surface area contributed by atoms with Crippen LogP contribution in [0.1, 0.15) is 25.7 Å². The molecule has 0 aromatic heterocycles. The molecule has 0 bridgehead atoms. The van der Waals surface area contributed by atoms with Crippen molar-refractivity contribution in [1.29, 1.82) is 0 Å². The normalized spacial score (nSPS) is 17.4. The fraction of sp³-hybridized carbons (Fsp3) is 0.538. The molecule has 1 aromatic rings. The first-order valence-electron chi connectivity index (χ1n) is 6.44. The lowest BCUT2D eigenvalue weighted by molar-refractivity contribution is -0.386. The summed E-state index contributed by atoms with van der Waals surface area (Å²) in [7, 11) is 0. The Hall–Kier alpha value is -1.69. The Morgan fingerprint density at radius 1 is 1.47 bits per heavy atom. The highest BCUT2D eigenvalue weighted by Crippen LogP contribution is 2.30. The van der Waals surface area contributed by atoms with E-state index >= 15 is 0 Å². The third kappa shape index (κ3) is 3.20. The number of nitro benzene ring substituents is 1. The summed E-state index contributed by atoms with van der Waals surface area (Å²) in [5.74, 6) is -0.634. The molecule has 1 atom stereocenters. The van der Waals surface area contributed by atoms with Gasteiger partial charge in [0.15, 0.2) is 0 Å². The highest BCUT2D eigenvalue weighted by molar-refractivity contribution is 5.61. The van der Waals surface area contributed by atoms with Gasteiger partial charge in [0.1, 0.15) is 5.69 Å². The van der Waals surface area contributed by atoms with Crippen LogP contribution < -0.4 is 5.32 Å². The number of halogens is 1. The molecule has 19 heavy (non-hydrogen) atoms. The van der Waals surface area contributed by atoms with E-state index < -0.39 is 22.5 Å². The Kier molecular flexibility index (Phi) is 4.31. The summed E-state index contributed by atoms with van der Waals surface area (Å²) >= 11 is 0. The highest BCUT2D eigenvalue weighted by atomic mass is 19.1. The van der Waals surface area contributed by atoms with Gasteiger partial charge in [0.25, 0.3) is 0 Å². The number of rotatable bonds is 5. The van der Waals surface area contributed by atoms with E-state index in [9.17, 15) is 19.6 Å². The van der Waals surface area contributed by atoms with Crippen molar-refractivity contribution >= 4 is 11.4 Å². The van der Waals surface area contributed by atoms with Crippen LogP contribution in [0.3, 0.4) is 0 Å². The van der Waals surface area contributed by atoms with E-state index in [1.165, 1.54) is 12.1 Å². The molecule has 1 aliphatic carbocycles. The summed E-state index contributed by atoms with van der Waals surface area (Å²) < 4.78 is 13.4. The monoisotopic (exact) mass is 268 g/mol. The van der Waals surface area contributed by atoms with E-state index in [4.69, 9.17) is 0 Å². The van der Waals surface area contributed by atoms with Crippen LogP contribution in [-0.4, -0.2) is 22.7 Å². The van der Waals surface area contributed by atoms with Gasteiger partial charge in [0.05, 0.1) is 11.0 Å². The smallest absolute Gasteiger partial charge is 0.327 e. The minimum Gasteiger partial charge on any atom is -0.391 e. The molecule has 1 aromatic carbocycles. The van der Waals surface area contributed by atoms with Crippen LogP contribution in [0.2, 0.25) is 0 Å². The van der Waals surface area contributed by atoms with Gasteiger partial charge in [-0.25, -0.2) is 0 Å². The van der Waals surface area contributed by atoms with E-state index in [2.05, 4.69) is 5.32 Å². The summed E-state index contributed by atoms with van der Waals surface area (Å²) in [5.41, 5.74) is -0.455. The Bertz CT molecular complexity index is 461. The second-order valence-electron chi connectivity index (χ2n) is 4.89. The van der Waals surface area contributed by atoms with Gasteiger partial charge < -0.3 is 10.4 Å². The van der Waals surface area contributed by atoms with Crippen LogP contribution in [0.4, 0.5) is 15.8 Å². The third-order valence-electron chi connectivity index (χ3n) is 3.61. The van der Waals surface area contributed by atoms with Crippen molar-refractivity contribution in [3.05, 3.63) is 34.1 Å². The van der Waals surface area contributed by atoms with Gasteiger partial charge in [0, 0.05) is 6.54 Å². The molecule has 5 nitrogen and oxygen atoms in total. The third-order valence-corrected chi connectivity index (χ3v) is 3.61. The zero-order chi connectivity index (χ0) is 13.8. The van der Waals surface area contributed by atoms with E-state index in [1.807, 2.05) is 0 Å². The van der Waals surface area contributed by atoms with Crippen molar-refractivity contribution < 1.29 is 14.4 Å². The molecular formula is C13H17FN2O3. The molecule has 0 aliphatic heterocycles. The lowest BCUT2D eigenvalue weighted by atomic mass is 10.0. The van der Waals surface area contributed by atoms with Crippen molar-refractivity contribution in [3.8, 4) is 0 Å². The number of hydrogen-bond acceptors (Lipinski definition) is 4. The average Bonchev–Trinajstić information content (AvgIpc) is 2.89. The molecule has 2 rings (SSSR count). The topological polar surface area (TPSA) is 75.4 Å². The van der Waals surface area contributed by atoms with Crippen molar-refractivity contribution in [2.24, 2.45) is 5.92 Å². The maximum Gasteiger partial charge on any atom is 0.327 e. The standard InChI is InChI=1S/C13H17FN2O3/c14-10-6-3-7-11(13(10)16(18)19)15-8-12(17)9-4-1-2-5-9/h3,6-7,9,12,15,17H,1-2,4-5,8H2. The first-order valence-corrected chi connectivity index (χ1v) is 6.44. The second-order valence-corrected chi connectivity index (χ2v) is 4.89. The maximum absolute atomic E-state index is 13.4. The largest absolute Gasteiger partial charge is 0.391 e. The zero-order valence-corrected chi connectivity index (χ0v) is 10.5. The number of nitro groups is 1. The Labute approximate surface area is 110 Å². The molecule has 0 radical (unpaired) electrons. The van der Waals surface area contributed by atoms with E-state index in [0.29, 0.717) is 0 Å². The molecule has 1 aliphatic rings. The van der Waals surface area contributed by atoms with E-state index in [0.717, 1.165) is 31.7 Å². The van der Waals surface area contributed by atoms with Crippen LogP contribution in [0.5, 0.6) is 0 Å². The van der Waals surface area contributed by atoms with Crippen molar-refractivity contribution in [3.63, 3.8) is 0 Å². The van der Waals surface area contributed by atoms with Gasteiger partial charge in [-0.3, -0.25) is 10.1 Å². The fourth-order valence-corrected chi connectivity index (χ4v) is 2.57. The number of aliphatic hydroxyl groups is 1. The van der Waals surface area contributed by atoms with Crippen molar-refractivity contribution in [1.82, 2.24) is 0 Å². The molecule has 104 valence electrons. The lowest BCUT2D eigenvalue weighted by Crippen LogP contribution is -2.26. The van der Waals surface area contributed by atoms with Gasteiger partial charge in [0.2, 0.25) is 5.82 Å². The van der Waals surface area contributed by atoms with Gasteiger partial charge in [-0.2, -0.15) is 4.39 Å². The SMILES string of the molecule is O=[N+]([O-])c1c(F)cccc1NCC(O)C1CCCC1. The highest BCUT2D eigenvalue weighted by Gasteiger charge is 2.25. The fourth-order valence-electron chi connectivity index (χ4n) is 2.57. The summed E-state index contributed by atoms with van der Waals surface area (Å²) in [6.07, 6.45) is 3.64. The molecule has 0 saturated heterocycles. The summed E-state index contributed by atoms with van der Waals surface area (Å²) in [6.45, 7) is 0.203. The van der Waals surface area contributed by atoms with Gasteiger partial charge in [-0.15, -0.1) is 0 Å². The lowest BCUT2D eigenvalue weighted by Gasteiger charge is -2.18.